The summed E-state index contributed by atoms with van der Waals surface area (Å²) in [6.07, 6.45) is 7.83. The smallest absolute Gasteiger partial charge is 0.309 e. The van der Waals surface area contributed by atoms with Gasteiger partial charge in [0, 0.05) is 0 Å². The molecule has 0 aromatic carbocycles. The van der Waals surface area contributed by atoms with Gasteiger partial charge in [0.1, 0.15) is 0 Å². The summed E-state index contributed by atoms with van der Waals surface area (Å²) in [7, 11) is 0. The molecule has 2 heteroatoms. The van der Waals surface area contributed by atoms with Gasteiger partial charge in [0.15, 0.2) is 0 Å². The summed E-state index contributed by atoms with van der Waals surface area (Å²) in [6.45, 7) is 0.671. The summed E-state index contributed by atoms with van der Waals surface area (Å²) in [6, 6.07) is 0. The Morgan fingerprint density at radius 3 is 2.71 bits per heavy atom. The van der Waals surface area contributed by atoms with Crippen LogP contribution in [0.3, 0.4) is 0 Å². The van der Waals surface area contributed by atoms with E-state index in [4.69, 9.17) is 4.74 Å². The van der Waals surface area contributed by atoms with Gasteiger partial charge in [0.05, 0.1) is 12.5 Å². The molecule has 1 saturated heterocycles. The van der Waals surface area contributed by atoms with Crippen LogP contribution in [0.2, 0.25) is 0 Å². The Balaban J connectivity index is 1.60. The van der Waals surface area contributed by atoms with Crippen LogP contribution in [0.15, 0.2) is 0 Å². The van der Waals surface area contributed by atoms with E-state index in [0.29, 0.717) is 6.61 Å². The Hall–Kier alpha value is -0.530. The van der Waals surface area contributed by atoms with Crippen molar-refractivity contribution in [3.8, 4) is 0 Å². The van der Waals surface area contributed by atoms with Crippen molar-refractivity contribution >= 4 is 5.97 Å². The first-order chi connectivity index (χ1) is 6.83. The van der Waals surface area contributed by atoms with Crippen molar-refractivity contribution in [3.05, 3.63) is 0 Å². The number of rotatable bonds is 2. The molecular formula is C12H18O2. The van der Waals surface area contributed by atoms with Crippen molar-refractivity contribution in [2.24, 2.45) is 23.7 Å². The Bertz CT molecular complexity index is 249. The number of ether oxygens (including phenoxy) is 1. The van der Waals surface area contributed by atoms with E-state index in [9.17, 15) is 4.79 Å². The Kier molecular flexibility index (Phi) is 2.03. The van der Waals surface area contributed by atoms with E-state index in [1.165, 1.54) is 25.7 Å². The molecule has 1 heterocycles. The Morgan fingerprint density at radius 1 is 1.21 bits per heavy atom. The lowest BCUT2D eigenvalue weighted by Gasteiger charge is -2.22. The second kappa shape index (κ2) is 3.25. The first-order valence-corrected chi connectivity index (χ1v) is 5.99. The lowest BCUT2D eigenvalue weighted by Crippen LogP contribution is -2.18. The minimum atomic E-state index is 0.0766. The van der Waals surface area contributed by atoms with Crippen molar-refractivity contribution in [1.29, 1.82) is 0 Å². The molecule has 2 bridgehead atoms. The molecule has 0 spiro atoms. The average molecular weight is 194 g/mol. The van der Waals surface area contributed by atoms with Gasteiger partial charge in [0.2, 0.25) is 0 Å². The van der Waals surface area contributed by atoms with Gasteiger partial charge in [-0.3, -0.25) is 4.79 Å². The molecule has 0 amide bonds. The molecule has 3 rings (SSSR count). The van der Waals surface area contributed by atoms with E-state index in [0.717, 1.165) is 30.6 Å². The first-order valence-electron chi connectivity index (χ1n) is 5.99. The number of hydrogen-bond donors (Lipinski definition) is 0. The number of esters is 1. The maximum Gasteiger partial charge on any atom is 0.309 e. The summed E-state index contributed by atoms with van der Waals surface area (Å²) >= 11 is 0. The SMILES string of the molecule is O=C1OCCC1CC1CC2CCC1C2. The molecule has 2 saturated carbocycles. The predicted octanol–water partition coefficient (Wildman–Crippen LogP) is 2.38. The highest BCUT2D eigenvalue weighted by Gasteiger charge is 2.41. The number of fused-ring (bicyclic) bond motifs is 2. The highest BCUT2D eigenvalue weighted by molar-refractivity contribution is 5.74. The van der Waals surface area contributed by atoms with E-state index in [-0.39, 0.29) is 11.9 Å². The molecule has 0 aromatic rings. The summed E-state index contributed by atoms with van der Waals surface area (Å²) < 4.78 is 5.02. The van der Waals surface area contributed by atoms with Crippen molar-refractivity contribution < 1.29 is 9.53 Å². The zero-order valence-corrected chi connectivity index (χ0v) is 8.58. The molecule has 0 radical (unpaired) electrons. The maximum absolute atomic E-state index is 11.3. The topological polar surface area (TPSA) is 26.3 Å². The second-order valence-corrected chi connectivity index (χ2v) is 5.32. The van der Waals surface area contributed by atoms with Gasteiger partial charge < -0.3 is 4.74 Å². The monoisotopic (exact) mass is 194 g/mol. The largest absolute Gasteiger partial charge is 0.465 e. The molecule has 2 aliphatic carbocycles. The minimum absolute atomic E-state index is 0.0766. The van der Waals surface area contributed by atoms with Crippen LogP contribution in [-0.2, 0) is 9.53 Å². The van der Waals surface area contributed by atoms with Crippen molar-refractivity contribution in [1.82, 2.24) is 0 Å². The summed E-state index contributed by atoms with van der Waals surface area (Å²) in [5.41, 5.74) is 0. The van der Waals surface area contributed by atoms with Crippen LogP contribution >= 0.6 is 0 Å². The lowest BCUT2D eigenvalue weighted by atomic mass is 9.82. The summed E-state index contributed by atoms with van der Waals surface area (Å²) in [5.74, 6) is 3.13. The van der Waals surface area contributed by atoms with E-state index in [1.54, 1.807) is 0 Å². The molecule has 0 aromatic heterocycles. The highest BCUT2D eigenvalue weighted by atomic mass is 16.5. The zero-order valence-electron chi connectivity index (χ0n) is 8.58. The fraction of sp³-hybridized carbons (Fsp3) is 0.917. The number of carbonyl (C=O) groups is 1. The van der Waals surface area contributed by atoms with Gasteiger partial charge in [-0.2, -0.15) is 0 Å². The average Bonchev–Trinajstić information content (AvgIpc) is 2.83. The van der Waals surface area contributed by atoms with E-state index in [1.807, 2.05) is 0 Å². The van der Waals surface area contributed by atoms with Gasteiger partial charge in [0.25, 0.3) is 0 Å². The maximum atomic E-state index is 11.3. The molecule has 1 aliphatic heterocycles. The van der Waals surface area contributed by atoms with Crippen LogP contribution in [0, 0.1) is 23.7 Å². The molecule has 3 aliphatic rings. The van der Waals surface area contributed by atoms with Gasteiger partial charge in [-0.1, -0.05) is 6.42 Å². The number of cyclic esters (lactones) is 1. The molecule has 78 valence electrons. The lowest BCUT2D eigenvalue weighted by molar-refractivity contribution is -0.141. The normalized spacial score (nSPS) is 45.9. The van der Waals surface area contributed by atoms with Crippen LogP contribution in [0.5, 0.6) is 0 Å². The second-order valence-electron chi connectivity index (χ2n) is 5.32. The van der Waals surface area contributed by atoms with Gasteiger partial charge in [-0.15, -0.1) is 0 Å². The number of hydrogen-bond acceptors (Lipinski definition) is 2. The quantitative estimate of drug-likeness (QED) is 0.631. The van der Waals surface area contributed by atoms with Crippen LogP contribution in [-0.4, -0.2) is 12.6 Å². The summed E-state index contributed by atoms with van der Waals surface area (Å²) in [4.78, 5) is 11.3. The van der Waals surface area contributed by atoms with Crippen LogP contribution in [0.4, 0.5) is 0 Å². The standard InChI is InChI=1S/C12H18O2/c13-12-10(3-4-14-12)7-11-6-8-1-2-9(11)5-8/h8-11H,1-7H2. The molecule has 4 unspecified atom stereocenters. The van der Waals surface area contributed by atoms with Crippen molar-refractivity contribution in [2.75, 3.05) is 6.61 Å². The Labute approximate surface area is 85.0 Å². The first kappa shape index (κ1) is 8.75. The van der Waals surface area contributed by atoms with Crippen molar-refractivity contribution in [2.45, 2.75) is 38.5 Å². The Morgan fingerprint density at radius 2 is 2.14 bits per heavy atom. The molecule has 4 atom stereocenters. The van der Waals surface area contributed by atoms with Crippen LogP contribution in [0.25, 0.3) is 0 Å². The third-order valence-electron chi connectivity index (χ3n) is 4.52. The van der Waals surface area contributed by atoms with Gasteiger partial charge in [-0.25, -0.2) is 0 Å². The fourth-order valence-electron chi connectivity index (χ4n) is 3.78. The number of carbonyl (C=O) groups excluding carboxylic acids is 1. The molecule has 14 heavy (non-hydrogen) atoms. The van der Waals surface area contributed by atoms with E-state index >= 15 is 0 Å². The highest BCUT2D eigenvalue weighted by Crippen LogP contribution is 2.50. The molecule has 0 N–H and O–H groups in total. The third kappa shape index (κ3) is 1.35. The van der Waals surface area contributed by atoms with Crippen LogP contribution in [0.1, 0.15) is 38.5 Å². The fourth-order valence-corrected chi connectivity index (χ4v) is 3.78. The molecule has 3 fully saturated rings. The van der Waals surface area contributed by atoms with Gasteiger partial charge in [-0.05, 0) is 49.9 Å². The van der Waals surface area contributed by atoms with E-state index in [2.05, 4.69) is 0 Å². The summed E-state index contributed by atoms with van der Waals surface area (Å²) in [5, 5.41) is 0. The zero-order chi connectivity index (χ0) is 9.54. The molecule has 2 nitrogen and oxygen atoms in total. The molecular weight excluding hydrogens is 176 g/mol. The van der Waals surface area contributed by atoms with Gasteiger partial charge >= 0.3 is 5.97 Å². The van der Waals surface area contributed by atoms with E-state index < -0.39 is 0 Å². The predicted molar refractivity (Wildman–Crippen MR) is 52.6 cm³/mol. The van der Waals surface area contributed by atoms with Crippen molar-refractivity contribution in [3.63, 3.8) is 0 Å². The van der Waals surface area contributed by atoms with Crippen LogP contribution < -0.4 is 0 Å². The third-order valence-corrected chi connectivity index (χ3v) is 4.52. The minimum Gasteiger partial charge on any atom is -0.465 e.